The van der Waals surface area contributed by atoms with Gasteiger partial charge in [-0.3, -0.25) is 9.78 Å². The van der Waals surface area contributed by atoms with Crippen molar-refractivity contribution in [2.24, 2.45) is 0 Å². The zero-order valence-corrected chi connectivity index (χ0v) is 14.5. The molecule has 1 aromatic carbocycles. The van der Waals surface area contributed by atoms with Crippen molar-refractivity contribution in [1.82, 2.24) is 9.88 Å². The minimum Gasteiger partial charge on any atom is -0.487 e. The average Bonchev–Trinajstić information content (AvgIpc) is 3.04. The molecule has 2 heterocycles. The molecule has 1 saturated heterocycles. The van der Waals surface area contributed by atoms with Gasteiger partial charge in [0.15, 0.2) is 0 Å². The smallest absolute Gasteiger partial charge is 0.227 e. The first-order chi connectivity index (χ1) is 12.1. The zero-order valence-electron chi connectivity index (χ0n) is 14.5. The molecule has 5 nitrogen and oxygen atoms in total. The van der Waals surface area contributed by atoms with E-state index >= 15 is 0 Å². The molecule has 1 fully saturated rings. The minimum absolute atomic E-state index is 0.0129. The summed E-state index contributed by atoms with van der Waals surface area (Å²) in [6, 6.07) is 13.3. The molecule has 0 bridgehead atoms. The van der Waals surface area contributed by atoms with Crippen LogP contribution in [-0.2, 0) is 17.8 Å². The molecule has 0 spiro atoms. The minimum atomic E-state index is -0.414. The quantitative estimate of drug-likeness (QED) is 0.878. The number of pyridine rings is 1. The van der Waals surface area contributed by atoms with Crippen LogP contribution in [0.15, 0.2) is 48.7 Å². The fourth-order valence-electron chi connectivity index (χ4n) is 3.23. The predicted octanol–water partition coefficient (Wildman–Crippen LogP) is 2.58. The second kappa shape index (κ2) is 7.66. The first-order valence-corrected chi connectivity index (χ1v) is 8.64. The van der Waals surface area contributed by atoms with E-state index in [1.807, 2.05) is 54.3 Å². The number of aliphatic hydroxyl groups excluding tert-OH is 1. The second-order valence-corrected chi connectivity index (χ2v) is 6.73. The number of benzene rings is 1. The highest BCUT2D eigenvalue weighted by atomic mass is 16.5. The Balaban J connectivity index is 1.56. The molecule has 0 saturated carbocycles. The Morgan fingerprint density at radius 3 is 2.76 bits per heavy atom. The number of likely N-dealkylation sites (tertiary alicyclic amines) is 1. The number of carbonyl (C=O) groups excluding carboxylic acids is 1. The fourth-order valence-corrected chi connectivity index (χ4v) is 3.23. The summed E-state index contributed by atoms with van der Waals surface area (Å²) in [5.74, 6) is 0.819. The SMILES string of the molecule is CC1(CO)CCCN1C(=O)Cc1ccc(OCc2ccccn2)cc1. The summed E-state index contributed by atoms with van der Waals surface area (Å²) < 4.78 is 5.71. The van der Waals surface area contributed by atoms with Crippen LogP contribution in [0.5, 0.6) is 5.75 Å². The molecule has 0 radical (unpaired) electrons. The van der Waals surface area contributed by atoms with Crippen LogP contribution in [0.3, 0.4) is 0 Å². The predicted molar refractivity (Wildman–Crippen MR) is 95.2 cm³/mol. The third-order valence-corrected chi connectivity index (χ3v) is 4.78. The largest absolute Gasteiger partial charge is 0.487 e. The molecule has 1 unspecified atom stereocenters. The van der Waals surface area contributed by atoms with E-state index < -0.39 is 5.54 Å². The highest BCUT2D eigenvalue weighted by Gasteiger charge is 2.38. The molecule has 1 aromatic heterocycles. The van der Waals surface area contributed by atoms with Crippen molar-refractivity contribution in [2.45, 2.75) is 38.3 Å². The maximum Gasteiger partial charge on any atom is 0.227 e. The number of rotatable bonds is 6. The maximum absolute atomic E-state index is 12.6. The summed E-state index contributed by atoms with van der Waals surface area (Å²) in [6.45, 7) is 3.11. The van der Waals surface area contributed by atoms with E-state index in [0.717, 1.165) is 36.4 Å². The highest BCUT2D eigenvalue weighted by molar-refractivity contribution is 5.80. The lowest BCUT2D eigenvalue weighted by Crippen LogP contribution is -2.48. The highest BCUT2D eigenvalue weighted by Crippen LogP contribution is 2.29. The molecular formula is C20H24N2O3. The van der Waals surface area contributed by atoms with Gasteiger partial charge < -0.3 is 14.7 Å². The van der Waals surface area contributed by atoms with Crippen molar-refractivity contribution in [3.63, 3.8) is 0 Å². The van der Waals surface area contributed by atoms with Gasteiger partial charge in [-0.2, -0.15) is 0 Å². The Morgan fingerprint density at radius 2 is 2.08 bits per heavy atom. The van der Waals surface area contributed by atoms with E-state index in [2.05, 4.69) is 4.98 Å². The molecule has 25 heavy (non-hydrogen) atoms. The lowest BCUT2D eigenvalue weighted by Gasteiger charge is -2.33. The molecule has 0 aliphatic carbocycles. The maximum atomic E-state index is 12.6. The van der Waals surface area contributed by atoms with Crippen LogP contribution >= 0.6 is 0 Å². The van der Waals surface area contributed by atoms with E-state index in [1.54, 1.807) is 6.20 Å². The van der Waals surface area contributed by atoms with Crippen molar-refractivity contribution in [3.8, 4) is 5.75 Å². The molecule has 1 aliphatic rings. The number of carbonyl (C=O) groups is 1. The fraction of sp³-hybridized carbons (Fsp3) is 0.400. The van der Waals surface area contributed by atoms with Crippen molar-refractivity contribution in [1.29, 1.82) is 0 Å². The molecule has 3 rings (SSSR count). The van der Waals surface area contributed by atoms with Crippen molar-refractivity contribution in [3.05, 3.63) is 59.9 Å². The van der Waals surface area contributed by atoms with Crippen molar-refractivity contribution in [2.75, 3.05) is 13.2 Å². The van der Waals surface area contributed by atoms with Crippen molar-refractivity contribution >= 4 is 5.91 Å². The topological polar surface area (TPSA) is 62.7 Å². The van der Waals surface area contributed by atoms with E-state index in [9.17, 15) is 9.90 Å². The van der Waals surface area contributed by atoms with Gasteiger partial charge in [0, 0.05) is 12.7 Å². The van der Waals surface area contributed by atoms with Gasteiger partial charge >= 0.3 is 0 Å². The first kappa shape index (κ1) is 17.4. The van der Waals surface area contributed by atoms with Gasteiger partial charge in [-0.05, 0) is 49.6 Å². The zero-order chi connectivity index (χ0) is 17.7. The average molecular weight is 340 g/mol. The number of aromatic nitrogens is 1. The van der Waals surface area contributed by atoms with Gasteiger partial charge in [0.05, 0.1) is 24.3 Å². The first-order valence-electron chi connectivity index (χ1n) is 8.64. The van der Waals surface area contributed by atoms with Crippen LogP contribution in [0, 0.1) is 0 Å². The number of ether oxygens (including phenoxy) is 1. The Morgan fingerprint density at radius 1 is 1.28 bits per heavy atom. The van der Waals surface area contributed by atoms with Crippen LogP contribution in [-0.4, -0.2) is 39.6 Å². The number of nitrogens with zero attached hydrogens (tertiary/aromatic N) is 2. The molecule has 1 atom stereocenters. The van der Waals surface area contributed by atoms with E-state index in [-0.39, 0.29) is 12.5 Å². The third-order valence-electron chi connectivity index (χ3n) is 4.78. The summed E-state index contributed by atoms with van der Waals surface area (Å²) >= 11 is 0. The van der Waals surface area contributed by atoms with E-state index in [0.29, 0.717) is 13.0 Å². The Bertz CT molecular complexity index is 703. The van der Waals surface area contributed by atoms with E-state index in [4.69, 9.17) is 4.74 Å². The Hall–Kier alpha value is -2.40. The summed E-state index contributed by atoms with van der Waals surface area (Å²) in [6.07, 6.45) is 3.89. The van der Waals surface area contributed by atoms with Gasteiger partial charge in [0.2, 0.25) is 5.91 Å². The van der Waals surface area contributed by atoms with Gasteiger partial charge in [0.1, 0.15) is 12.4 Å². The summed E-state index contributed by atoms with van der Waals surface area (Å²) in [7, 11) is 0. The standard InChI is InChI=1S/C20H24N2O3/c1-20(15-23)10-4-12-22(20)19(24)13-16-6-8-18(9-7-16)25-14-17-5-2-3-11-21-17/h2-3,5-9,11,23H,4,10,12-15H2,1H3. The third kappa shape index (κ3) is 4.17. The summed E-state index contributed by atoms with van der Waals surface area (Å²) in [4.78, 5) is 18.6. The Kier molecular flexibility index (Phi) is 5.34. The molecule has 1 amide bonds. The Labute approximate surface area is 148 Å². The van der Waals surface area contributed by atoms with Gasteiger partial charge in [-0.1, -0.05) is 18.2 Å². The molecular weight excluding hydrogens is 316 g/mol. The number of hydrogen-bond donors (Lipinski definition) is 1. The normalized spacial score (nSPS) is 19.8. The number of amides is 1. The lowest BCUT2D eigenvalue weighted by atomic mass is 9.99. The molecule has 1 aliphatic heterocycles. The second-order valence-electron chi connectivity index (χ2n) is 6.73. The van der Waals surface area contributed by atoms with Crippen LogP contribution < -0.4 is 4.74 Å². The van der Waals surface area contributed by atoms with Crippen LogP contribution in [0.25, 0.3) is 0 Å². The number of aliphatic hydroxyl groups is 1. The molecule has 1 N–H and O–H groups in total. The molecule has 132 valence electrons. The van der Waals surface area contributed by atoms with Gasteiger partial charge in [-0.25, -0.2) is 0 Å². The number of hydrogen-bond acceptors (Lipinski definition) is 4. The van der Waals surface area contributed by atoms with Gasteiger partial charge in [-0.15, -0.1) is 0 Å². The van der Waals surface area contributed by atoms with Crippen LogP contribution in [0.2, 0.25) is 0 Å². The van der Waals surface area contributed by atoms with Gasteiger partial charge in [0.25, 0.3) is 0 Å². The van der Waals surface area contributed by atoms with E-state index in [1.165, 1.54) is 0 Å². The summed E-state index contributed by atoms with van der Waals surface area (Å²) in [5, 5.41) is 9.58. The molecule has 2 aromatic rings. The summed E-state index contributed by atoms with van der Waals surface area (Å²) in [5.41, 5.74) is 1.41. The van der Waals surface area contributed by atoms with Crippen LogP contribution in [0.4, 0.5) is 0 Å². The lowest BCUT2D eigenvalue weighted by molar-refractivity contribution is -0.135. The monoisotopic (exact) mass is 340 g/mol. The van der Waals surface area contributed by atoms with Crippen LogP contribution in [0.1, 0.15) is 31.0 Å². The van der Waals surface area contributed by atoms with Crippen molar-refractivity contribution < 1.29 is 14.6 Å². The molecule has 5 heteroatoms.